The number of rotatable bonds is 2. The molecule has 20 heavy (non-hydrogen) atoms. The number of nitro benzene ring substituents is 1. The van der Waals surface area contributed by atoms with Crippen LogP contribution in [0.1, 0.15) is 43.9 Å². The van der Waals surface area contributed by atoms with Gasteiger partial charge in [0.1, 0.15) is 0 Å². The van der Waals surface area contributed by atoms with Crippen molar-refractivity contribution in [1.82, 2.24) is 0 Å². The van der Waals surface area contributed by atoms with Crippen LogP contribution in [0.25, 0.3) is 0 Å². The third kappa shape index (κ3) is 1.88. The van der Waals surface area contributed by atoms with E-state index in [4.69, 9.17) is 4.74 Å². The maximum atomic E-state index is 11.2. The van der Waals surface area contributed by atoms with Crippen molar-refractivity contribution in [3.8, 4) is 5.75 Å². The molecule has 1 aromatic rings. The normalized spacial score (nSPS) is 24.4. The van der Waals surface area contributed by atoms with Gasteiger partial charge in [-0.3, -0.25) is 10.1 Å². The van der Waals surface area contributed by atoms with E-state index in [0.717, 1.165) is 24.2 Å². The van der Waals surface area contributed by atoms with Gasteiger partial charge in [-0.1, -0.05) is 6.07 Å². The van der Waals surface area contributed by atoms with Crippen LogP contribution in [-0.2, 0) is 0 Å². The van der Waals surface area contributed by atoms with Crippen molar-refractivity contribution in [1.29, 1.82) is 0 Å². The number of nitrogens with zero attached hydrogens (tertiary/aromatic N) is 1. The molecule has 0 amide bonds. The number of likely N-dealkylation sites (tertiary alicyclic amines) is 1. The molecular weight excluding hydrogens is 256 g/mol. The Labute approximate surface area is 118 Å². The molecule has 0 aromatic heterocycles. The van der Waals surface area contributed by atoms with Gasteiger partial charge in [-0.05, 0) is 26.3 Å². The molecule has 2 aliphatic heterocycles. The van der Waals surface area contributed by atoms with Crippen LogP contribution in [0.3, 0.4) is 0 Å². The molecule has 1 saturated heterocycles. The van der Waals surface area contributed by atoms with Crippen LogP contribution in [0.4, 0.5) is 5.69 Å². The molecule has 1 atom stereocenters. The van der Waals surface area contributed by atoms with Crippen molar-refractivity contribution in [3.05, 3.63) is 33.4 Å². The third-order valence-electron chi connectivity index (χ3n) is 4.59. The number of fused-ring (bicyclic) bond motifs is 1. The molecule has 0 unspecified atom stereocenters. The fourth-order valence-electron chi connectivity index (χ4n) is 3.78. The van der Waals surface area contributed by atoms with E-state index in [1.807, 2.05) is 26.8 Å². The lowest BCUT2D eigenvalue weighted by molar-refractivity contribution is -0.925. The van der Waals surface area contributed by atoms with E-state index in [0.29, 0.717) is 5.75 Å². The monoisotopic (exact) mass is 277 g/mol. The first-order valence-corrected chi connectivity index (χ1v) is 7.23. The van der Waals surface area contributed by atoms with Crippen LogP contribution >= 0.6 is 0 Å². The van der Waals surface area contributed by atoms with E-state index in [2.05, 4.69) is 0 Å². The molecular formula is C15H21N2O3+. The third-order valence-corrected chi connectivity index (χ3v) is 4.59. The van der Waals surface area contributed by atoms with E-state index in [1.54, 1.807) is 6.07 Å². The average Bonchev–Trinajstić information content (AvgIpc) is 2.93. The molecule has 5 nitrogen and oxygen atoms in total. The summed E-state index contributed by atoms with van der Waals surface area (Å²) in [5.74, 6) is 0.490. The summed E-state index contributed by atoms with van der Waals surface area (Å²) >= 11 is 0. The molecule has 0 radical (unpaired) electrons. The molecule has 1 aromatic carbocycles. The highest BCUT2D eigenvalue weighted by Gasteiger charge is 2.51. The van der Waals surface area contributed by atoms with E-state index < -0.39 is 0 Å². The summed E-state index contributed by atoms with van der Waals surface area (Å²) in [6, 6.07) is 3.61. The number of hydrogen-bond acceptors (Lipinski definition) is 3. The molecule has 0 aliphatic carbocycles. The van der Waals surface area contributed by atoms with Gasteiger partial charge in [-0.25, -0.2) is 0 Å². The zero-order valence-electron chi connectivity index (χ0n) is 12.2. The second kappa shape index (κ2) is 4.45. The summed E-state index contributed by atoms with van der Waals surface area (Å²) in [5, 5.41) is 11.2. The number of aryl methyl sites for hydroxylation is 1. The van der Waals surface area contributed by atoms with Crippen molar-refractivity contribution in [2.45, 2.75) is 45.3 Å². The molecule has 1 N–H and O–H groups in total. The minimum absolute atomic E-state index is 0.0970. The highest BCUT2D eigenvalue weighted by Crippen LogP contribution is 2.48. The minimum atomic E-state index is -0.390. The molecule has 1 fully saturated rings. The Morgan fingerprint density at radius 2 is 2.00 bits per heavy atom. The van der Waals surface area contributed by atoms with Crippen LogP contribution < -0.4 is 9.64 Å². The number of nitrogens with one attached hydrogen (secondary N) is 1. The maximum absolute atomic E-state index is 11.2. The molecule has 0 spiro atoms. The topological polar surface area (TPSA) is 56.8 Å². The van der Waals surface area contributed by atoms with Crippen molar-refractivity contribution in [3.63, 3.8) is 0 Å². The van der Waals surface area contributed by atoms with Gasteiger partial charge < -0.3 is 9.64 Å². The zero-order valence-corrected chi connectivity index (χ0v) is 12.2. The van der Waals surface area contributed by atoms with Gasteiger partial charge in [-0.2, -0.15) is 0 Å². The Kier molecular flexibility index (Phi) is 2.97. The van der Waals surface area contributed by atoms with Gasteiger partial charge in [0.15, 0.2) is 11.6 Å². The first-order valence-electron chi connectivity index (χ1n) is 7.23. The zero-order chi connectivity index (χ0) is 14.5. The molecule has 2 heterocycles. The number of nitro groups is 1. The number of benzene rings is 1. The Morgan fingerprint density at radius 3 is 2.60 bits per heavy atom. The first-order chi connectivity index (χ1) is 9.42. The number of quaternary nitrogens is 1. The van der Waals surface area contributed by atoms with E-state index in [-0.39, 0.29) is 22.3 Å². The summed E-state index contributed by atoms with van der Waals surface area (Å²) in [6.45, 7) is 8.37. The lowest BCUT2D eigenvalue weighted by atomic mass is 9.90. The maximum Gasteiger partial charge on any atom is 0.311 e. The fourth-order valence-corrected chi connectivity index (χ4v) is 3.78. The quantitative estimate of drug-likeness (QED) is 0.662. The highest BCUT2D eigenvalue weighted by molar-refractivity contribution is 5.59. The Hall–Kier alpha value is -1.62. The lowest BCUT2D eigenvalue weighted by Crippen LogP contribution is -3.12. The Bertz CT molecular complexity index is 562. The molecule has 2 aliphatic rings. The largest absolute Gasteiger partial charge is 0.474 e. The van der Waals surface area contributed by atoms with Crippen LogP contribution in [-0.4, -0.2) is 23.6 Å². The summed E-state index contributed by atoms with van der Waals surface area (Å²) in [5.41, 5.74) is 1.85. The molecule has 3 rings (SSSR count). The van der Waals surface area contributed by atoms with Crippen molar-refractivity contribution in [2.75, 3.05) is 13.1 Å². The summed E-state index contributed by atoms with van der Waals surface area (Å²) in [6.07, 6.45) is 2.45. The first kappa shape index (κ1) is 13.4. The van der Waals surface area contributed by atoms with Crippen LogP contribution in [0.5, 0.6) is 5.75 Å². The van der Waals surface area contributed by atoms with E-state index >= 15 is 0 Å². The SMILES string of the molecule is Cc1ccc([N+](=O)[O-])c2c1[C@H]([NH+]1CCCC1)C(C)(C)O2. The van der Waals surface area contributed by atoms with Crippen LogP contribution in [0, 0.1) is 17.0 Å². The van der Waals surface area contributed by atoms with Gasteiger partial charge in [0.2, 0.25) is 5.75 Å². The predicted molar refractivity (Wildman–Crippen MR) is 75.2 cm³/mol. The molecule has 5 heteroatoms. The van der Waals surface area contributed by atoms with E-state index in [1.165, 1.54) is 17.7 Å². The summed E-state index contributed by atoms with van der Waals surface area (Å²) in [7, 11) is 0. The smallest absolute Gasteiger partial charge is 0.311 e. The van der Waals surface area contributed by atoms with Gasteiger partial charge in [0.05, 0.1) is 23.6 Å². The predicted octanol–water partition coefficient (Wildman–Crippen LogP) is 1.79. The molecule has 108 valence electrons. The van der Waals surface area contributed by atoms with Gasteiger partial charge >= 0.3 is 5.69 Å². The van der Waals surface area contributed by atoms with Crippen LogP contribution in [0.2, 0.25) is 0 Å². The standard InChI is InChI=1S/C15H20N2O3/c1-10-6-7-11(17(18)19)13-12(10)14(15(2,3)20-13)16-8-4-5-9-16/h6-7,14H,4-5,8-9H2,1-3H3/p+1/t14-/m0/s1. The van der Waals surface area contributed by atoms with Gasteiger partial charge in [-0.15, -0.1) is 0 Å². The Balaban J connectivity index is 2.15. The van der Waals surface area contributed by atoms with Crippen molar-refractivity contribution in [2.24, 2.45) is 0 Å². The lowest BCUT2D eigenvalue weighted by Gasteiger charge is -2.31. The Morgan fingerprint density at radius 1 is 1.35 bits per heavy atom. The second-order valence-corrected chi connectivity index (χ2v) is 6.41. The van der Waals surface area contributed by atoms with E-state index in [9.17, 15) is 10.1 Å². The van der Waals surface area contributed by atoms with Crippen molar-refractivity contribution < 1.29 is 14.6 Å². The molecule has 0 saturated carbocycles. The summed E-state index contributed by atoms with van der Waals surface area (Å²) < 4.78 is 6.03. The molecule has 0 bridgehead atoms. The minimum Gasteiger partial charge on any atom is -0.474 e. The van der Waals surface area contributed by atoms with Crippen molar-refractivity contribution >= 4 is 5.69 Å². The highest BCUT2D eigenvalue weighted by atomic mass is 16.6. The summed E-state index contributed by atoms with van der Waals surface area (Å²) in [4.78, 5) is 12.4. The number of hydrogen-bond donors (Lipinski definition) is 1. The van der Waals surface area contributed by atoms with Gasteiger partial charge in [0, 0.05) is 18.9 Å². The average molecular weight is 277 g/mol. The fraction of sp³-hybridized carbons (Fsp3) is 0.600. The number of ether oxygens (including phenoxy) is 1. The van der Waals surface area contributed by atoms with Crippen LogP contribution in [0.15, 0.2) is 12.1 Å². The van der Waals surface area contributed by atoms with Gasteiger partial charge in [0.25, 0.3) is 0 Å². The second-order valence-electron chi connectivity index (χ2n) is 6.41.